The Morgan fingerprint density at radius 3 is 2.57 bits per heavy atom. The summed E-state index contributed by atoms with van der Waals surface area (Å²) in [5.74, 6) is -0.107. The van der Waals surface area contributed by atoms with Crippen molar-refractivity contribution in [2.75, 3.05) is 19.8 Å². The van der Waals surface area contributed by atoms with Crippen molar-refractivity contribution in [3.05, 3.63) is 11.4 Å². The molecule has 0 saturated carbocycles. The Bertz CT molecular complexity index is 354. The van der Waals surface area contributed by atoms with Gasteiger partial charge in [-0.3, -0.25) is 9.48 Å². The molecule has 1 amide bonds. The molecule has 0 aromatic carbocycles. The fraction of sp³-hybridized carbons (Fsp3) is 0.556. The standard InChI is InChI=1S/C9H16N4O/c1-5-13-8(9(14)12(3)4)7(10)6(2)11-13/h5,10H2,1-4H3. The smallest absolute Gasteiger partial charge is 0.273 e. The van der Waals surface area contributed by atoms with Gasteiger partial charge in [0.05, 0.1) is 11.4 Å². The molecule has 2 N–H and O–H groups in total. The van der Waals surface area contributed by atoms with E-state index in [-0.39, 0.29) is 5.91 Å². The number of hydrogen-bond acceptors (Lipinski definition) is 3. The van der Waals surface area contributed by atoms with Crippen LogP contribution in [0.25, 0.3) is 0 Å². The lowest BCUT2D eigenvalue weighted by Crippen LogP contribution is -2.25. The minimum atomic E-state index is -0.107. The zero-order valence-corrected chi connectivity index (χ0v) is 9.03. The molecule has 5 nitrogen and oxygen atoms in total. The summed E-state index contributed by atoms with van der Waals surface area (Å²) in [6.45, 7) is 4.37. The quantitative estimate of drug-likeness (QED) is 0.749. The molecule has 0 unspecified atom stereocenters. The van der Waals surface area contributed by atoms with E-state index in [1.165, 1.54) is 4.90 Å². The van der Waals surface area contributed by atoms with Crippen LogP contribution in [0, 0.1) is 6.92 Å². The highest BCUT2D eigenvalue weighted by molar-refractivity contribution is 5.97. The molecule has 0 aliphatic heterocycles. The van der Waals surface area contributed by atoms with Crippen LogP contribution in [-0.4, -0.2) is 34.7 Å². The van der Waals surface area contributed by atoms with E-state index in [0.717, 1.165) is 0 Å². The Morgan fingerprint density at radius 1 is 1.57 bits per heavy atom. The van der Waals surface area contributed by atoms with E-state index in [9.17, 15) is 4.79 Å². The largest absolute Gasteiger partial charge is 0.395 e. The predicted molar refractivity (Wildman–Crippen MR) is 55.1 cm³/mol. The first-order chi connectivity index (χ1) is 6.49. The molecule has 0 aliphatic rings. The Morgan fingerprint density at radius 2 is 2.14 bits per heavy atom. The molecule has 14 heavy (non-hydrogen) atoms. The van der Waals surface area contributed by atoms with E-state index in [4.69, 9.17) is 5.73 Å². The van der Waals surface area contributed by atoms with Crippen LogP contribution in [0.3, 0.4) is 0 Å². The van der Waals surface area contributed by atoms with E-state index in [0.29, 0.717) is 23.6 Å². The van der Waals surface area contributed by atoms with E-state index < -0.39 is 0 Å². The number of hydrogen-bond donors (Lipinski definition) is 1. The first kappa shape index (κ1) is 10.6. The van der Waals surface area contributed by atoms with Crippen molar-refractivity contribution in [2.45, 2.75) is 20.4 Å². The number of aryl methyl sites for hydroxylation is 2. The molecule has 0 aliphatic carbocycles. The minimum absolute atomic E-state index is 0.107. The number of amides is 1. The van der Waals surface area contributed by atoms with Crippen molar-refractivity contribution in [1.82, 2.24) is 14.7 Å². The molecule has 1 rings (SSSR count). The maximum Gasteiger partial charge on any atom is 0.273 e. The van der Waals surface area contributed by atoms with E-state index in [1.54, 1.807) is 25.7 Å². The topological polar surface area (TPSA) is 64.2 Å². The third-order valence-electron chi connectivity index (χ3n) is 2.08. The van der Waals surface area contributed by atoms with Crippen LogP contribution in [-0.2, 0) is 6.54 Å². The van der Waals surface area contributed by atoms with Gasteiger partial charge in [-0.1, -0.05) is 0 Å². The van der Waals surface area contributed by atoms with Crippen LogP contribution in [0.2, 0.25) is 0 Å². The summed E-state index contributed by atoms with van der Waals surface area (Å²) >= 11 is 0. The van der Waals surface area contributed by atoms with Gasteiger partial charge in [0.2, 0.25) is 0 Å². The van der Waals surface area contributed by atoms with Gasteiger partial charge < -0.3 is 10.6 Å². The van der Waals surface area contributed by atoms with Gasteiger partial charge in [0.15, 0.2) is 0 Å². The highest BCUT2D eigenvalue weighted by Gasteiger charge is 2.19. The molecule has 1 aromatic heterocycles. The van der Waals surface area contributed by atoms with Gasteiger partial charge in [-0.05, 0) is 13.8 Å². The molecule has 0 spiro atoms. The Balaban J connectivity index is 3.24. The van der Waals surface area contributed by atoms with Gasteiger partial charge in [0, 0.05) is 20.6 Å². The maximum atomic E-state index is 11.7. The summed E-state index contributed by atoms with van der Waals surface area (Å²) in [6, 6.07) is 0. The lowest BCUT2D eigenvalue weighted by Gasteiger charge is -2.11. The molecule has 5 heteroatoms. The second kappa shape index (κ2) is 3.69. The molecule has 1 heterocycles. The highest BCUT2D eigenvalue weighted by Crippen LogP contribution is 2.17. The average Bonchev–Trinajstić information content (AvgIpc) is 2.42. The summed E-state index contributed by atoms with van der Waals surface area (Å²) in [7, 11) is 3.40. The number of carbonyl (C=O) groups excluding carboxylic acids is 1. The Kier molecular flexibility index (Phi) is 2.78. The number of aromatic nitrogens is 2. The highest BCUT2D eigenvalue weighted by atomic mass is 16.2. The molecule has 0 atom stereocenters. The third kappa shape index (κ3) is 1.57. The zero-order valence-electron chi connectivity index (χ0n) is 9.03. The van der Waals surface area contributed by atoms with E-state index in [2.05, 4.69) is 5.10 Å². The van der Waals surface area contributed by atoms with Gasteiger partial charge in [0.1, 0.15) is 5.69 Å². The molecule has 0 bridgehead atoms. The summed E-state index contributed by atoms with van der Waals surface area (Å²) in [5.41, 5.74) is 7.45. The van der Waals surface area contributed by atoms with Crippen LogP contribution in [0.1, 0.15) is 23.1 Å². The summed E-state index contributed by atoms with van der Waals surface area (Å²) < 4.78 is 1.63. The van der Waals surface area contributed by atoms with Crippen LogP contribution < -0.4 is 5.73 Å². The summed E-state index contributed by atoms with van der Waals surface area (Å²) in [4.78, 5) is 13.2. The molecular weight excluding hydrogens is 180 g/mol. The molecule has 0 radical (unpaired) electrons. The van der Waals surface area contributed by atoms with Gasteiger partial charge in [-0.25, -0.2) is 0 Å². The molecular formula is C9H16N4O. The second-order valence-electron chi connectivity index (χ2n) is 3.36. The summed E-state index contributed by atoms with van der Waals surface area (Å²) in [5, 5.41) is 4.18. The minimum Gasteiger partial charge on any atom is -0.395 e. The number of carbonyl (C=O) groups is 1. The van der Waals surface area contributed by atoms with Crippen molar-refractivity contribution in [3.8, 4) is 0 Å². The SMILES string of the molecule is CCn1nc(C)c(N)c1C(=O)N(C)C. The Hall–Kier alpha value is -1.52. The fourth-order valence-electron chi connectivity index (χ4n) is 1.26. The number of nitrogens with two attached hydrogens (primary N) is 1. The van der Waals surface area contributed by atoms with Crippen LogP contribution >= 0.6 is 0 Å². The van der Waals surface area contributed by atoms with E-state index >= 15 is 0 Å². The molecule has 1 aromatic rings. The Labute approximate surface area is 83.5 Å². The monoisotopic (exact) mass is 196 g/mol. The lowest BCUT2D eigenvalue weighted by molar-refractivity contribution is 0.0816. The number of anilines is 1. The number of nitrogen functional groups attached to an aromatic ring is 1. The number of nitrogens with zero attached hydrogens (tertiary/aromatic N) is 3. The van der Waals surface area contributed by atoms with Crippen molar-refractivity contribution < 1.29 is 4.79 Å². The lowest BCUT2D eigenvalue weighted by atomic mass is 10.3. The van der Waals surface area contributed by atoms with Crippen molar-refractivity contribution >= 4 is 11.6 Å². The normalized spacial score (nSPS) is 10.3. The molecule has 0 saturated heterocycles. The van der Waals surface area contributed by atoms with Crippen LogP contribution in [0.5, 0.6) is 0 Å². The molecule has 78 valence electrons. The number of rotatable bonds is 2. The predicted octanol–water partition coefficient (Wildman–Crippen LogP) is 0.495. The van der Waals surface area contributed by atoms with Gasteiger partial charge in [-0.2, -0.15) is 5.10 Å². The maximum absolute atomic E-state index is 11.7. The van der Waals surface area contributed by atoms with Gasteiger partial charge >= 0.3 is 0 Å². The second-order valence-corrected chi connectivity index (χ2v) is 3.36. The zero-order chi connectivity index (χ0) is 10.9. The fourth-order valence-corrected chi connectivity index (χ4v) is 1.26. The van der Waals surface area contributed by atoms with Gasteiger partial charge in [0.25, 0.3) is 5.91 Å². The van der Waals surface area contributed by atoms with Crippen molar-refractivity contribution in [1.29, 1.82) is 0 Å². The third-order valence-corrected chi connectivity index (χ3v) is 2.08. The first-order valence-corrected chi connectivity index (χ1v) is 4.53. The van der Waals surface area contributed by atoms with E-state index in [1.807, 2.05) is 6.92 Å². The van der Waals surface area contributed by atoms with Crippen LogP contribution in [0.15, 0.2) is 0 Å². The van der Waals surface area contributed by atoms with Crippen molar-refractivity contribution in [2.24, 2.45) is 0 Å². The summed E-state index contributed by atoms with van der Waals surface area (Å²) in [6.07, 6.45) is 0. The first-order valence-electron chi connectivity index (χ1n) is 4.53. The molecule has 0 fully saturated rings. The van der Waals surface area contributed by atoms with Crippen molar-refractivity contribution in [3.63, 3.8) is 0 Å². The average molecular weight is 196 g/mol. The van der Waals surface area contributed by atoms with Crippen LogP contribution in [0.4, 0.5) is 5.69 Å². The van der Waals surface area contributed by atoms with Gasteiger partial charge in [-0.15, -0.1) is 0 Å².